The Labute approximate surface area is 152 Å². The van der Waals surface area contributed by atoms with Crippen LogP contribution in [0.5, 0.6) is 0 Å². The zero-order valence-electron chi connectivity index (χ0n) is 14.7. The number of benzene rings is 5. The van der Waals surface area contributed by atoms with Gasteiger partial charge in [0.05, 0.1) is 0 Å². The Morgan fingerprint density at radius 1 is 0.500 bits per heavy atom. The van der Waals surface area contributed by atoms with Crippen LogP contribution in [0.2, 0.25) is 0 Å². The highest BCUT2D eigenvalue weighted by Gasteiger charge is 2.20. The smallest absolute Gasteiger partial charge is 0.00131 e. The molecule has 0 radical (unpaired) electrons. The molecule has 0 aliphatic heterocycles. The van der Waals surface area contributed by atoms with Crippen molar-refractivity contribution in [1.82, 2.24) is 0 Å². The summed E-state index contributed by atoms with van der Waals surface area (Å²) in [6.45, 7) is 2.18. The summed E-state index contributed by atoms with van der Waals surface area (Å²) in [7, 11) is 0. The summed E-state index contributed by atoms with van der Waals surface area (Å²) in [5, 5.41) is 8.15. The number of hydrogen-bond acceptors (Lipinski definition) is 0. The lowest BCUT2D eigenvalue weighted by Crippen LogP contribution is -1.86. The van der Waals surface area contributed by atoms with E-state index in [1.54, 1.807) is 0 Å². The summed E-state index contributed by atoms with van der Waals surface area (Å²) in [5.41, 5.74) is 7.08. The molecule has 1 aliphatic carbocycles. The van der Waals surface area contributed by atoms with E-state index in [0.29, 0.717) is 0 Å². The van der Waals surface area contributed by atoms with Crippen LogP contribution in [0.3, 0.4) is 0 Å². The third-order valence-corrected chi connectivity index (χ3v) is 5.90. The second-order valence-corrected chi connectivity index (χ2v) is 7.48. The SMILES string of the molecule is Cc1ccc2c(c1)Cc1cc3c4ccccc4c4ccccc4c3cc1-2. The van der Waals surface area contributed by atoms with Crippen LogP contribution in [0.4, 0.5) is 0 Å². The topological polar surface area (TPSA) is 0 Å². The van der Waals surface area contributed by atoms with Gasteiger partial charge in [-0.3, -0.25) is 0 Å². The molecule has 0 aromatic heterocycles. The molecular weight excluding hydrogens is 312 g/mol. The summed E-state index contributed by atoms with van der Waals surface area (Å²) in [6, 6.07) is 29.4. The van der Waals surface area contributed by atoms with Gasteiger partial charge in [0.15, 0.2) is 0 Å². The zero-order chi connectivity index (χ0) is 17.3. The molecule has 0 heteroatoms. The largest absolute Gasteiger partial charge is 0.0616 e. The first-order valence-electron chi connectivity index (χ1n) is 9.25. The molecule has 0 fully saturated rings. The van der Waals surface area contributed by atoms with Gasteiger partial charge < -0.3 is 0 Å². The first-order chi connectivity index (χ1) is 12.8. The van der Waals surface area contributed by atoms with Crippen LogP contribution in [0.25, 0.3) is 43.4 Å². The summed E-state index contributed by atoms with van der Waals surface area (Å²) < 4.78 is 0. The van der Waals surface area contributed by atoms with Gasteiger partial charge in [-0.15, -0.1) is 0 Å². The summed E-state index contributed by atoms with van der Waals surface area (Å²) in [4.78, 5) is 0. The van der Waals surface area contributed by atoms with Crippen LogP contribution in [0.15, 0.2) is 78.9 Å². The molecular formula is C26H18. The van der Waals surface area contributed by atoms with Crippen molar-refractivity contribution in [2.45, 2.75) is 13.3 Å². The fraction of sp³-hybridized carbons (Fsp3) is 0.0769. The van der Waals surface area contributed by atoms with Crippen LogP contribution >= 0.6 is 0 Å². The van der Waals surface area contributed by atoms with Crippen molar-refractivity contribution in [3.8, 4) is 11.1 Å². The van der Waals surface area contributed by atoms with Crippen molar-refractivity contribution < 1.29 is 0 Å². The van der Waals surface area contributed by atoms with E-state index in [-0.39, 0.29) is 0 Å². The maximum Gasteiger partial charge on any atom is -0.00131 e. The zero-order valence-corrected chi connectivity index (χ0v) is 14.7. The number of fused-ring (bicyclic) bond motifs is 9. The van der Waals surface area contributed by atoms with Gasteiger partial charge in [0.25, 0.3) is 0 Å². The Kier molecular flexibility index (Phi) is 2.69. The van der Waals surface area contributed by atoms with Crippen LogP contribution in [-0.4, -0.2) is 0 Å². The minimum absolute atomic E-state index is 1.05. The Hall–Kier alpha value is -3.12. The van der Waals surface area contributed by atoms with Gasteiger partial charge >= 0.3 is 0 Å². The minimum Gasteiger partial charge on any atom is -0.0616 e. The molecule has 0 unspecified atom stereocenters. The molecule has 0 saturated carbocycles. The van der Waals surface area contributed by atoms with Crippen molar-refractivity contribution >= 4 is 32.3 Å². The van der Waals surface area contributed by atoms with Crippen molar-refractivity contribution in [3.63, 3.8) is 0 Å². The standard InChI is InChI=1S/C26H18/c1-16-10-11-19-17(12-16)13-18-14-25-22-8-4-2-6-20(22)21-7-3-5-9-23(21)26(25)15-24(18)19/h2-12,14-15H,13H2,1H3. The van der Waals surface area contributed by atoms with Crippen LogP contribution < -0.4 is 0 Å². The van der Waals surface area contributed by atoms with E-state index in [9.17, 15) is 0 Å². The van der Waals surface area contributed by atoms with Gasteiger partial charge in [-0.2, -0.15) is 0 Å². The molecule has 1 aliphatic rings. The molecule has 0 nitrogen and oxygen atoms in total. The first kappa shape index (κ1) is 14.1. The van der Waals surface area contributed by atoms with E-state index < -0.39 is 0 Å². The highest BCUT2D eigenvalue weighted by atomic mass is 14.2. The minimum atomic E-state index is 1.05. The van der Waals surface area contributed by atoms with Gasteiger partial charge in [0, 0.05) is 0 Å². The highest BCUT2D eigenvalue weighted by Crippen LogP contribution is 2.43. The maximum absolute atomic E-state index is 2.44. The average Bonchev–Trinajstić information content (AvgIpc) is 3.03. The lowest BCUT2D eigenvalue weighted by atomic mass is 9.91. The van der Waals surface area contributed by atoms with Gasteiger partial charge in [-0.1, -0.05) is 72.3 Å². The molecule has 0 bridgehead atoms. The second-order valence-electron chi connectivity index (χ2n) is 7.48. The number of aryl methyl sites for hydroxylation is 1. The van der Waals surface area contributed by atoms with E-state index in [0.717, 1.165) is 6.42 Å². The highest BCUT2D eigenvalue weighted by molar-refractivity contribution is 6.26. The van der Waals surface area contributed by atoms with Gasteiger partial charge in [0.1, 0.15) is 0 Å². The molecule has 0 spiro atoms. The van der Waals surface area contributed by atoms with E-state index >= 15 is 0 Å². The van der Waals surface area contributed by atoms with E-state index in [1.165, 1.54) is 60.1 Å². The Bertz CT molecular complexity index is 1360. The maximum atomic E-state index is 2.44. The van der Waals surface area contributed by atoms with E-state index in [1.807, 2.05) is 0 Å². The molecule has 0 atom stereocenters. The average molecular weight is 330 g/mol. The molecule has 122 valence electrons. The fourth-order valence-corrected chi connectivity index (χ4v) is 4.73. The molecule has 0 heterocycles. The molecule has 6 rings (SSSR count). The van der Waals surface area contributed by atoms with Gasteiger partial charge in [-0.25, -0.2) is 0 Å². The Balaban J connectivity index is 1.81. The van der Waals surface area contributed by atoms with Crippen molar-refractivity contribution in [2.24, 2.45) is 0 Å². The van der Waals surface area contributed by atoms with Gasteiger partial charge in [0.2, 0.25) is 0 Å². The molecule has 5 aromatic rings. The van der Waals surface area contributed by atoms with E-state index in [2.05, 4.69) is 85.8 Å². The molecule has 0 saturated heterocycles. The predicted octanol–water partition coefficient (Wildman–Crippen LogP) is 7.03. The third kappa shape index (κ3) is 1.79. The molecule has 0 N–H and O–H groups in total. The predicted molar refractivity (Wildman–Crippen MR) is 112 cm³/mol. The quantitative estimate of drug-likeness (QED) is 0.262. The first-order valence-corrected chi connectivity index (χ1v) is 9.25. The molecule has 0 amide bonds. The summed E-state index contributed by atoms with van der Waals surface area (Å²) in [5.74, 6) is 0. The number of rotatable bonds is 0. The molecule has 5 aromatic carbocycles. The summed E-state index contributed by atoms with van der Waals surface area (Å²) in [6.07, 6.45) is 1.05. The molecule has 26 heavy (non-hydrogen) atoms. The van der Waals surface area contributed by atoms with Crippen molar-refractivity contribution in [1.29, 1.82) is 0 Å². The normalized spacial score (nSPS) is 12.7. The second kappa shape index (κ2) is 4.95. The summed E-state index contributed by atoms with van der Waals surface area (Å²) >= 11 is 0. The monoisotopic (exact) mass is 330 g/mol. The fourth-order valence-electron chi connectivity index (χ4n) is 4.73. The van der Waals surface area contributed by atoms with Crippen molar-refractivity contribution in [3.05, 3.63) is 95.6 Å². The van der Waals surface area contributed by atoms with Crippen molar-refractivity contribution in [2.75, 3.05) is 0 Å². The lowest BCUT2D eigenvalue weighted by molar-refractivity contribution is 1.25. The van der Waals surface area contributed by atoms with Crippen LogP contribution in [-0.2, 0) is 6.42 Å². The lowest BCUT2D eigenvalue weighted by Gasteiger charge is -2.12. The number of hydrogen-bond donors (Lipinski definition) is 0. The van der Waals surface area contributed by atoms with E-state index in [4.69, 9.17) is 0 Å². The van der Waals surface area contributed by atoms with Gasteiger partial charge in [-0.05, 0) is 80.0 Å². The van der Waals surface area contributed by atoms with Crippen LogP contribution in [0.1, 0.15) is 16.7 Å². The Morgan fingerprint density at radius 2 is 1.04 bits per heavy atom. The third-order valence-electron chi connectivity index (χ3n) is 5.90. The van der Waals surface area contributed by atoms with Crippen LogP contribution in [0, 0.1) is 6.92 Å². The Morgan fingerprint density at radius 3 is 1.69 bits per heavy atom.